The van der Waals surface area contributed by atoms with Gasteiger partial charge in [-0.2, -0.15) is 0 Å². The molecule has 0 aliphatic heterocycles. The van der Waals surface area contributed by atoms with Crippen LogP contribution in [0.4, 0.5) is 15.9 Å². The number of halogens is 1. The third-order valence-electron chi connectivity index (χ3n) is 5.70. The maximum absolute atomic E-state index is 15.2. The van der Waals surface area contributed by atoms with E-state index in [9.17, 15) is 0 Å². The molecule has 0 spiro atoms. The van der Waals surface area contributed by atoms with Crippen molar-refractivity contribution in [3.8, 4) is 5.75 Å². The van der Waals surface area contributed by atoms with Gasteiger partial charge in [0.2, 0.25) is 0 Å². The zero-order valence-electron chi connectivity index (χ0n) is 18.5. The van der Waals surface area contributed by atoms with Crippen LogP contribution < -0.4 is 10.1 Å². The van der Waals surface area contributed by atoms with Crippen LogP contribution in [0.15, 0.2) is 48.9 Å². The summed E-state index contributed by atoms with van der Waals surface area (Å²) in [5, 5.41) is 4.40. The normalized spacial score (nSPS) is 14.8. The molecule has 1 N–H and O–H groups in total. The number of aromatic nitrogens is 3. The monoisotopic (exact) mass is 431 g/mol. The summed E-state index contributed by atoms with van der Waals surface area (Å²) in [4.78, 5) is 15.3. The predicted molar refractivity (Wildman–Crippen MR) is 125 cm³/mol. The van der Waals surface area contributed by atoms with Crippen LogP contribution in [0, 0.1) is 5.82 Å². The number of rotatable bonds is 7. The molecule has 0 saturated heterocycles. The Bertz CT molecular complexity index is 1290. The molecule has 7 heteroatoms. The number of hydrogen-bond acceptors (Lipinski definition) is 6. The summed E-state index contributed by atoms with van der Waals surface area (Å²) in [6.45, 7) is 2.82. The van der Waals surface area contributed by atoms with E-state index in [-0.39, 0.29) is 11.9 Å². The quantitative estimate of drug-likeness (QED) is 0.430. The van der Waals surface area contributed by atoms with Crippen molar-refractivity contribution in [1.29, 1.82) is 0 Å². The van der Waals surface area contributed by atoms with Gasteiger partial charge in [-0.3, -0.25) is 4.98 Å². The molecule has 1 atom stereocenters. The fourth-order valence-electron chi connectivity index (χ4n) is 4.12. The van der Waals surface area contributed by atoms with Gasteiger partial charge in [-0.05, 0) is 81.7 Å². The Hall–Kier alpha value is -3.32. The van der Waals surface area contributed by atoms with Crippen molar-refractivity contribution in [3.63, 3.8) is 0 Å². The van der Waals surface area contributed by atoms with E-state index >= 15 is 4.39 Å². The van der Waals surface area contributed by atoms with E-state index < -0.39 is 0 Å². The van der Waals surface area contributed by atoms with Gasteiger partial charge in [0.15, 0.2) is 5.82 Å². The lowest BCUT2D eigenvalue weighted by Crippen LogP contribution is -2.28. The van der Waals surface area contributed by atoms with Crippen LogP contribution in [0.1, 0.15) is 31.2 Å². The fraction of sp³-hybridized carbons (Fsp3) is 0.320. The van der Waals surface area contributed by atoms with Crippen molar-refractivity contribution in [2.45, 2.75) is 31.8 Å². The second-order valence-electron chi connectivity index (χ2n) is 8.72. The van der Waals surface area contributed by atoms with Crippen LogP contribution in [0.25, 0.3) is 21.8 Å². The molecule has 2 aromatic carbocycles. The molecule has 0 amide bonds. The Morgan fingerprint density at radius 3 is 2.75 bits per heavy atom. The molecule has 2 heterocycles. The minimum absolute atomic E-state index is 0.0285. The van der Waals surface area contributed by atoms with Gasteiger partial charge >= 0.3 is 0 Å². The molecule has 5 rings (SSSR count). The van der Waals surface area contributed by atoms with Crippen molar-refractivity contribution in [1.82, 2.24) is 19.9 Å². The predicted octanol–water partition coefficient (Wildman–Crippen LogP) is 5.27. The number of likely N-dealkylation sites (N-methyl/N-ethyl adjacent to an activating group) is 1. The third-order valence-corrected chi connectivity index (χ3v) is 5.70. The summed E-state index contributed by atoms with van der Waals surface area (Å²) < 4.78 is 21.6. The molecule has 0 unspecified atom stereocenters. The third kappa shape index (κ3) is 4.08. The number of hydrogen-bond donors (Lipinski definition) is 1. The number of ether oxygens (including phenoxy) is 1. The van der Waals surface area contributed by atoms with E-state index in [0.29, 0.717) is 28.3 Å². The van der Waals surface area contributed by atoms with Crippen LogP contribution >= 0.6 is 0 Å². The highest BCUT2D eigenvalue weighted by atomic mass is 19.1. The largest absolute Gasteiger partial charge is 0.489 e. The Balaban J connectivity index is 1.59. The number of nitrogens with zero attached hydrogens (tertiary/aromatic N) is 4. The van der Waals surface area contributed by atoms with Crippen LogP contribution in [-0.4, -0.2) is 46.6 Å². The highest BCUT2D eigenvalue weighted by Crippen LogP contribution is 2.44. The van der Waals surface area contributed by atoms with Gasteiger partial charge in [0, 0.05) is 18.1 Å². The zero-order valence-corrected chi connectivity index (χ0v) is 18.5. The number of benzene rings is 2. The smallest absolute Gasteiger partial charge is 0.156 e. The first-order valence-corrected chi connectivity index (χ1v) is 10.9. The van der Waals surface area contributed by atoms with Crippen molar-refractivity contribution in [3.05, 3.63) is 60.3 Å². The van der Waals surface area contributed by atoms with Gasteiger partial charge in [0.25, 0.3) is 0 Å². The first-order valence-electron chi connectivity index (χ1n) is 10.9. The molecule has 0 bridgehead atoms. The van der Waals surface area contributed by atoms with Gasteiger partial charge < -0.3 is 15.0 Å². The van der Waals surface area contributed by atoms with Crippen molar-refractivity contribution in [2.75, 3.05) is 26.0 Å². The van der Waals surface area contributed by atoms with Crippen LogP contribution in [0.2, 0.25) is 0 Å². The standard InChI is InChI=1S/C25H26FN5O/c1-15(13-31(2)3)32-22-12-17(16-6-7-16)11-21-23(22)25(29-14-28-21)30-20-9-8-19-18(24(20)26)5-4-10-27-19/h4-5,8-12,14-16H,6-7,13H2,1-3H3,(H,28,29,30)/t15-/m1/s1. The molecule has 1 saturated carbocycles. The van der Waals surface area contributed by atoms with Crippen LogP contribution in [-0.2, 0) is 0 Å². The Kier molecular flexibility index (Phi) is 5.35. The Morgan fingerprint density at radius 1 is 1.12 bits per heavy atom. The molecule has 1 aliphatic carbocycles. The summed E-state index contributed by atoms with van der Waals surface area (Å²) >= 11 is 0. The molecular weight excluding hydrogens is 405 g/mol. The maximum atomic E-state index is 15.2. The minimum Gasteiger partial charge on any atom is -0.489 e. The topological polar surface area (TPSA) is 63.2 Å². The summed E-state index contributed by atoms with van der Waals surface area (Å²) in [7, 11) is 4.04. The van der Waals surface area contributed by atoms with E-state index in [2.05, 4.69) is 37.3 Å². The van der Waals surface area contributed by atoms with Gasteiger partial charge in [0.05, 0.1) is 22.1 Å². The summed E-state index contributed by atoms with van der Waals surface area (Å²) in [6.07, 6.45) is 5.51. The van der Waals surface area contributed by atoms with Gasteiger partial charge in [0.1, 0.15) is 24.0 Å². The summed E-state index contributed by atoms with van der Waals surface area (Å²) in [6, 6.07) is 11.1. The lowest BCUT2D eigenvalue weighted by molar-refractivity contribution is 0.179. The molecule has 1 aliphatic rings. The molecule has 32 heavy (non-hydrogen) atoms. The number of anilines is 2. The molecule has 4 aromatic rings. The van der Waals surface area contributed by atoms with Gasteiger partial charge in [-0.25, -0.2) is 14.4 Å². The lowest BCUT2D eigenvalue weighted by Gasteiger charge is -2.21. The summed E-state index contributed by atoms with van der Waals surface area (Å²) in [5.74, 6) is 1.44. The molecular formula is C25H26FN5O. The maximum Gasteiger partial charge on any atom is 0.156 e. The van der Waals surface area contributed by atoms with E-state index in [0.717, 1.165) is 23.2 Å². The fourth-order valence-corrected chi connectivity index (χ4v) is 4.12. The lowest BCUT2D eigenvalue weighted by atomic mass is 10.1. The van der Waals surface area contributed by atoms with Gasteiger partial charge in [-0.1, -0.05) is 0 Å². The average Bonchev–Trinajstić information content (AvgIpc) is 3.61. The number of nitrogens with one attached hydrogen (secondary N) is 1. The van der Waals surface area contributed by atoms with Crippen molar-refractivity contribution < 1.29 is 9.13 Å². The molecule has 0 radical (unpaired) electrons. The molecule has 2 aromatic heterocycles. The van der Waals surface area contributed by atoms with Gasteiger partial charge in [-0.15, -0.1) is 0 Å². The first kappa shape index (κ1) is 20.6. The highest BCUT2D eigenvalue weighted by molar-refractivity contribution is 5.97. The first-order chi connectivity index (χ1) is 15.5. The SMILES string of the molecule is C[C@H](CN(C)C)Oc1cc(C2CC2)cc2ncnc(Nc3ccc4ncccc4c3F)c12. The number of fused-ring (bicyclic) bond motifs is 2. The molecule has 1 fully saturated rings. The highest BCUT2D eigenvalue weighted by Gasteiger charge is 2.26. The second kappa shape index (κ2) is 8.31. The molecule has 164 valence electrons. The second-order valence-corrected chi connectivity index (χ2v) is 8.72. The van der Waals surface area contributed by atoms with E-state index in [1.54, 1.807) is 30.5 Å². The van der Waals surface area contributed by atoms with E-state index in [1.165, 1.54) is 24.7 Å². The average molecular weight is 432 g/mol. The van der Waals surface area contributed by atoms with Crippen molar-refractivity contribution >= 4 is 33.3 Å². The van der Waals surface area contributed by atoms with E-state index in [4.69, 9.17) is 4.74 Å². The Morgan fingerprint density at radius 2 is 1.97 bits per heavy atom. The minimum atomic E-state index is -0.361. The number of pyridine rings is 1. The van der Waals surface area contributed by atoms with Crippen LogP contribution in [0.3, 0.4) is 0 Å². The van der Waals surface area contributed by atoms with Crippen LogP contribution in [0.5, 0.6) is 5.75 Å². The van der Waals surface area contributed by atoms with E-state index in [1.807, 2.05) is 21.0 Å². The zero-order chi connectivity index (χ0) is 22.2. The Labute approximate surface area is 186 Å². The summed E-state index contributed by atoms with van der Waals surface area (Å²) in [5.41, 5.74) is 2.97. The van der Waals surface area contributed by atoms with Crippen molar-refractivity contribution in [2.24, 2.45) is 0 Å². The molecule has 6 nitrogen and oxygen atoms in total.